The molecule has 0 aromatic heterocycles. The zero-order chi connectivity index (χ0) is 23.1. The lowest BCUT2D eigenvalue weighted by Gasteiger charge is -2.13. The molecule has 168 valence electrons. The molecule has 9 heteroatoms. The number of halogens is 1. The van der Waals surface area contributed by atoms with Gasteiger partial charge in [-0.3, -0.25) is 19.3 Å². The molecule has 0 bridgehead atoms. The molecule has 32 heavy (non-hydrogen) atoms. The largest absolute Gasteiger partial charge is 0.493 e. The van der Waals surface area contributed by atoms with Gasteiger partial charge in [0.25, 0.3) is 11.1 Å². The Hall–Kier alpha value is -2.97. The van der Waals surface area contributed by atoms with E-state index >= 15 is 0 Å². The zero-order valence-electron chi connectivity index (χ0n) is 17.7. The third kappa shape index (κ3) is 5.83. The van der Waals surface area contributed by atoms with Crippen LogP contribution in [0.5, 0.6) is 11.5 Å². The summed E-state index contributed by atoms with van der Waals surface area (Å²) in [5, 5.41) is 2.86. The van der Waals surface area contributed by atoms with Crippen LogP contribution in [0.4, 0.5) is 4.79 Å². The summed E-state index contributed by atoms with van der Waals surface area (Å²) >= 11 is 6.93. The van der Waals surface area contributed by atoms with Crippen LogP contribution in [0.15, 0.2) is 47.4 Å². The Balaban J connectivity index is 1.58. The first-order chi connectivity index (χ1) is 15.4. The molecular formula is C23H23ClN2O5S. The Morgan fingerprint density at radius 1 is 1.19 bits per heavy atom. The summed E-state index contributed by atoms with van der Waals surface area (Å²) in [4.78, 5) is 38.6. The molecule has 1 aliphatic rings. The minimum absolute atomic E-state index is 0.0862. The molecule has 3 amide bonds. The molecule has 3 rings (SSSR count). The van der Waals surface area contributed by atoms with Gasteiger partial charge in [-0.2, -0.15) is 0 Å². The van der Waals surface area contributed by atoms with Crippen molar-refractivity contribution in [2.24, 2.45) is 0 Å². The first kappa shape index (κ1) is 23.7. The second-order valence-corrected chi connectivity index (χ2v) is 8.20. The summed E-state index contributed by atoms with van der Waals surface area (Å²) in [6.45, 7) is 2.63. The van der Waals surface area contributed by atoms with Crippen LogP contribution < -0.4 is 14.8 Å². The van der Waals surface area contributed by atoms with Crippen LogP contribution in [-0.4, -0.2) is 48.8 Å². The number of thioether (sulfide) groups is 1. The Bertz CT molecular complexity index is 1060. The zero-order valence-corrected chi connectivity index (χ0v) is 19.3. The highest BCUT2D eigenvalue weighted by Gasteiger charge is 2.34. The van der Waals surface area contributed by atoms with E-state index in [0.717, 1.165) is 16.7 Å². The lowest BCUT2D eigenvalue weighted by molar-refractivity contribution is -0.124. The second-order valence-electron chi connectivity index (χ2n) is 6.79. The van der Waals surface area contributed by atoms with Gasteiger partial charge in [-0.05, 0) is 54.1 Å². The first-order valence-corrected chi connectivity index (χ1v) is 11.2. The predicted octanol–water partition coefficient (Wildman–Crippen LogP) is 4.14. The van der Waals surface area contributed by atoms with E-state index in [9.17, 15) is 14.4 Å². The molecule has 0 saturated carbocycles. The number of methoxy groups -OCH3 is 1. The van der Waals surface area contributed by atoms with Crippen molar-refractivity contribution < 1.29 is 23.9 Å². The van der Waals surface area contributed by atoms with Gasteiger partial charge >= 0.3 is 0 Å². The van der Waals surface area contributed by atoms with Gasteiger partial charge in [0.1, 0.15) is 0 Å². The van der Waals surface area contributed by atoms with Gasteiger partial charge in [0.15, 0.2) is 11.5 Å². The molecule has 0 radical (unpaired) electrons. The van der Waals surface area contributed by atoms with E-state index in [4.69, 9.17) is 21.1 Å². The fourth-order valence-corrected chi connectivity index (χ4v) is 4.14. The molecule has 1 N–H and O–H groups in total. The number of hydrogen-bond donors (Lipinski definition) is 1. The monoisotopic (exact) mass is 474 g/mol. The number of ether oxygens (including phenoxy) is 2. The summed E-state index contributed by atoms with van der Waals surface area (Å²) in [7, 11) is 1.54. The van der Waals surface area contributed by atoms with Gasteiger partial charge in [-0.1, -0.05) is 35.9 Å². The maximum atomic E-state index is 12.7. The molecule has 1 saturated heterocycles. The lowest BCUT2D eigenvalue weighted by Crippen LogP contribution is -2.37. The summed E-state index contributed by atoms with van der Waals surface area (Å²) in [5.41, 5.74) is 1.43. The van der Waals surface area contributed by atoms with E-state index < -0.39 is 5.91 Å². The number of benzene rings is 2. The van der Waals surface area contributed by atoms with E-state index in [1.54, 1.807) is 48.5 Å². The smallest absolute Gasteiger partial charge is 0.293 e. The van der Waals surface area contributed by atoms with Crippen molar-refractivity contribution in [3.63, 3.8) is 0 Å². The van der Waals surface area contributed by atoms with Gasteiger partial charge in [0.05, 0.1) is 25.0 Å². The number of rotatable bonds is 9. The van der Waals surface area contributed by atoms with Gasteiger partial charge in [-0.25, -0.2) is 0 Å². The number of hydrogen-bond acceptors (Lipinski definition) is 6. The molecule has 2 aromatic carbocycles. The van der Waals surface area contributed by atoms with Gasteiger partial charge in [0, 0.05) is 18.1 Å². The number of nitrogens with zero attached hydrogens (tertiary/aromatic N) is 1. The third-order valence-corrected chi connectivity index (χ3v) is 5.90. The normalized spacial score (nSPS) is 14.7. The number of nitrogens with one attached hydrogen (secondary N) is 1. The molecule has 1 fully saturated rings. The van der Waals surface area contributed by atoms with E-state index in [1.807, 2.05) is 6.92 Å². The number of carbonyl (C=O) groups excluding carboxylic acids is 3. The minimum Gasteiger partial charge on any atom is -0.493 e. The van der Waals surface area contributed by atoms with Crippen LogP contribution in [0.1, 0.15) is 18.1 Å². The standard InChI is InChI=1S/C23H23ClN2O5S/c1-3-31-18-9-8-15(12-19(18)30-2)13-20-22(28)26(23(29)32-20)11-10-25-21(27)14-16-6-4-5-7-17(16)24/h4-9,12-13H,3,10-11,14H2,1-2H3,(H,25,27)/b20-13+. The quantitative estimate of drug-likeness (QED) is 0.550. The van der Waals surface area contributed by atoms with E-state index in [-0.39, 0.29) is 30.7 Å². The molecule has 2 aromatic rings. The fraction of sp³-hybridized carbons (Fsp3) is 0.261. The molecular weight excluding hydrogens is 452 g/mol. The van der Waals surface area contributed by atoms with Crippen molar-refractivity contribution in [2.45, 2.75) is 13.3 Å². The van der Waals surface area contributed by atoms with Crippen molar-refractivity contribution in [1.82, 2.24) is 10.2 Å². The maximum absolute atomic E-state index is 12.7. The summed E-state index contributed by atoms with van der Waals surface area (Å²) in [6.07, 6.45) is 1.76. The molecule has 7 nitrogen and oxygen atoms in total. The highest BCUT2D eigenvalue weighted by Crippen LogP contribution is 2.34. The Morgan fingerprint density at radius 2 is 1.97 bits per heavy atom. The van der Waals surface area contributed by atoms with Crippen LogP contribution in [-0.2, 0) is 16.0 Å². The van der Waals surface area contributed by atoms with E-state index in [1.165, 1.54) is 7.11 Å². The first-order valence-electron chi connectivity index (χ1n) is 9.99. The molecule has 0 atom stereocenters. The average molecular weight is 475 g/mol. The van der Waals surface area contributed by atoms with E-state index in [2.05, 4.69) is 5.32 Å². The molecule has 0 aliphatic carbocycles. The number of amides is 3. The summed E-state index contributed by atoms with van der Waals surface area (Å²) < 4.78 is 10.8. The Morgan fingerprint density at radius 3 is 2.69 bits per heavy atom. The number of imide groups is 1. The minimum atomic E-state index is -0.395. The van der Waals surface area contributed by atoms with E-state index in [0.29, 0.717) is 39.2 Å². The van der Waals surface area contributed by atoms with Crippen molar-refractivity contribution in [3.05, 3.63) is 63.5 Å². The van der Waals surface area contributed by atoms with Crippen molar-refractivity contribution in [1.29, 1.82) is 0 Å². The predicted molar refractivity (Wildman–Crippen MR) is 125 cm³/mol. The summed E-state index contributed by atoms with van der Waals surface area (Å²) in [6, 6.07) is 12.4. The number of carbonyl (C=O) groups is 3. The lowest BCUT2D eigenvalue weighted by atomic mass is 10.1. The third-order valence-electron chi connectivity index (χ3n) is 4.63. The molecule has 0 unspecified atom stereocenters. The molecule has 1 aliphatic heterocycles. The second kappa shape index (κ2) is 11.1. The Kier molecular flexibility index (Phi) is 8.19. The highest BCUT2D eigenvalue weighted by molar-refractivity contribution is 8.18. The maximum Gasteiger partial charge on any atom is 0.293 e. The molecule has 1 heterocycles. The van der Waals surface area contributed by atoms with Crippen LogP contribution in [0.25, 0.3) is 6.08 Å². The summed E-state index contributed by atoms with van der Waals surface area (Å²) in [5.74, 6) is 0.518. The van der Waals surface area contributed by atoms with Crippen LogP contribution in [0.3, 0.4) is 0 Å². The van der Waals surface area contributed by atoms with Gasteiger partial charge in [-0.15, -0.1) is 0 Å². The van der Waals surface area contributed by atoms with Crippen molar-refractivity contribution >= 4 is 46.5 Å². The van der Waals surface area contributed by atoms with Crippen molar-refractivity contribution in [3.8, 4) is 11.5 Å². The highest BCUT2D eigenvalue weighted by atomic mass is 35.5. The molecule has 0 spiro atoms. The topological polar surface area (TPSA) is 84.9 Å². The SMILES string of the molecule is CCOc1ccc(/C=C2/SC(=O)N(CCNC(=O)Cc3ccccc3Cl)C2=O)cc1OC. The van der Waals surface area contributed by atoms with Crippen LogP contribution in [0, 0.1) is 0 Å². The fourth-order valence-electron chi connectivity index (χ4n) is 3.08. The van der Waals surface area contributed by atoms with Crippen LogP contribution >= 0.6 is 23.4 Å². The Labute approximate surface area is 195 Å². The van der Waals surface area contributed by atoms with Gasteiger partial charge < -0.3 is 14.8 Å². The van der Waals surface area contributed by atoms with Gasteiger partial charge in [0.2, 0.25) is 5.91 Å². The average Bonchev–Trinajstić information content (AvgIpc) is 3.04. The van der Waals surface area contributed by atoms with Crippen LogP contribution in [0.2, 0.25) is 5.02 Å². The van der Waals surface area contributed by atoms with Crippen molar-refractivity contribution in [2.75, 3.05) is 26.8 Å².